The zero-order valence-electron chi connectivity index (χ0n) is 18.8. The van der Waals surface area contributed by atoms with Gasteiger partial charge in [-0.1, -0.05) is 60.3 Å². The maximum Gasteiger partial charge on any atom is 0.240 e. The molecule has 0 aromatic heterocycles. The molecule has 2 aromatic rings. The molecule has 1 aliphatic heterocycles. The first-order valence-corrected chi connectivity index (χ1v) is 12.1. The van der Waals surface area contributed by atoms with E-state index in [1.54, 1.807) is 0 Å². The van der Waals surface area contributed by atoms with Crippen LogP contribution in [0.1, 0.15) is 24.4 Å². The van der Waals surface area contributed by atoms with E-state index in [9.17, 15) is 14.9 Å². The van der Waals surface area contributed by atoms with Crippen LogP contribution < -0.4 is 10.6 Å². The molecule has 0 aliphatic carbocycles. The second kappa shape index (κ2) is 12.3. The Kier molecular flexibility index (Phi) is 9.14. The fourth-order valence-electron chi connectivity index (χ4n) is 4.20. The predicted molar refractivity (Wildman–Crippen MR) is 132 cm³/mol. The molecule has 33 heavy (non-hydrogen) atoms. The molecule has 3 rings (SSSR count). The molecule has 1 saturated heterocycles. The third kappa shape index (κ3) is 6.49. The van der Waals surface area contributed by atoms with E-state index in [1.807, 2.05) is 30.5 Å². The topological polar surface area (TPSA) is 88.5 Å². The van der Waals surface area contributed by atoms with E-state index in [2.05, 4.69) is 50.0 Å². The number of nitrogens with one attached hydrogen (secondary N) is 2. The number of nitrogens with zero attached hydrogens (tertiary/aromatic N) is 3. The summed E-state index contributed by atoms with van der Waals surface area (Å²) in [6.45, 7) is 1.82. The van der Waals surface area contributed by atoms with Gasteiger partial charge in [-0.3, -0.25) is 14.5 Å². The molecule has 0 saturated carbocycles. The Balaban J connectivity index is 1.56. The van der Waals surface area contributed by atoms with Crippen molar-refractivity contribution in [1.82, 2.24) is 19.8 Å². The normalized spacial score (nSPS) is 15.5. The van der Waals surface area contributed by atoms with Gasteiger partial charge in [-0.2, -0.15) is 5.26 Å². The number of hydrogen-bond acceptors (Lipinski definition) is 6. The summed E-state index contributed by atoms with van der Waals surface area (Å²) >= 11 is 1.53. The van der Waals surface area contributed by atoms with Gasteiger partial charge in [0.15, 0.2) is 0 Å². The van der Waals surface area contributed by atoms with E-state index < -0.39 is 0 Å². The van der Waals surface area contributed by atoms with Crippen molar-refractivity contribution in [3.05, 3.63) is 48.0 Å². The highest BCUT2D eigenvalue weighted by Gasteiger charge is 2.30. The van der Waals surface area contributed by atoms with E-state index in [-0.39, 0.29) is 43.5 Å². The third-order valence-corrected chi connectivity index (χ3v) is 6.78. The lowest BCUT2D eigenvalue weighted by Gasteiger charge is -2.39. The largest absolute Gasteiger partial charge is 0.346 e. The predicted octanol–water partition coefficient (Wildman–Crippen LogP) is 2.31. The number of hydrogen-bond donors (Lipinski definition) is 2. The van der Waals surface area contributed by atoms with Crippen molar-refractivity contribution >= 4 is 34.5 Å². The van der Waals surface area contributed by atoms with E-state index in [1.165, 1.54) is 11.9 Å². The third-order valence-electron chi connectivity index (χ3n) is 5.88. The maximum absolute atomic E-state index is 12.3. The number of piperidine rings is 1. The van der Waals surface area contributed by atoms with Crippen LogP contribution in [0.5, 0.6) is 0 Å². The first-order chi connectivity index (χ1) is 16.1. The summed E-state index contributed by atoms with van der Waals surface area (Å²) in [5.41, 5.74) is 1.04. The minimum atomic E-state index is -0.304. The van der Waals surface area contributed by atoms with Crippen molar-refractivity contribution in [2.45, 2.75) is 24.9 Å². The van der Waals surface area contributed by atoms with Gasteiger partial charge in [0.25, 0.3) is 0 Å². The first kappa shape index (κ1) is 24.6. The van der Waals surface area contributed by atoms with Gasteiger partial charge < -0.3 is 10.6 Å². The molecule has 8 heteroatoms. The van der Waals surface area contributed by atoms with Gasteiger partial charge in [-0.15, -0.1) is 6.42 Å². The summed E-state index contributed by atoms with van der Waals surface area (Å²) in [5, 5.41) is 17.4. The number of terminal acetylenes is 1. The van der Waals surface area contributed by atoms with Crippen molar-refractivity contribution in [1.29, 1.82) is 5.26 Å². The van der Waals surface area contributed by atoms with Gasteiger partial charge in [0.2, 0.25) is 11.8 Å². The average molecular weight is 464 g/mol. The molecular weight excluding hydrogens is 434 g/mol. The summed E-state index contributed by atoms with van der Waals surface area (Å²) in [6, 6.07) is 16.7. The Morgan fingerprint density at radius 2 is 1.91 bits per heavy atom. The van der Waals surface area contributed by atoms with Crippen LogP contribution in [0, 0.1) is 23.7 Å². The lowest BCUT2D eigenvalue weighted by Crippen LogP contribution is -2.47. The number of nitriles is 1. The van der Waals surface area contributed by atoms with Crippen LogP contribution in [0.15, 0.2) is 42.5 Å². The van der Waals surface area contributed by atoms with Gasteiger partial charge in [-0.25, -0.2) is 4.31 Å². The number of amides is 2. The molecule has 0 spiro atoms. The van der Waals surface area contributed by atoms with Crippen LogP contribution in [0.3, 0.4) is 0 Å². The molecule has 2 N–H and O–H groups in total. The monoisotopic (exact) mass is 463 g/mol. The standard InChI is InChI=1S/C25H29N5O2S/c1-3-13-27-24(31)17-28-25(32)18-30(33-2)20-11-14-29(15-12-20)23(16-26)22-10-6-8-19-7-4-5-9-21(19)22/h1,4-10,20,23H,11-15,17-18H2,2H3,(H,27,31)(H,28,32). The van der Waals surface area contributed by atoms with E-state index >= 15 is 0 Å². The second-order valence-electron chi connectivity index (χ2n) is 7.88. The number of carbonyl (C=O) groups is 2. The lowest BCUT2D eigenvalue weighted by molar-refractivity contribution is -0.126. The molecule has 1 atom stereocenters. The number of fused-ring (bicyclic) bond motifs is 1. The van der Waals surface area contributed by atoms with Crippen molar-refractivity contribution in [3.63, 3.8) is 0 Å². The lowest BCUT2D eigenvalue weighted by atomic mass is 9.96. The highest BCUT2D eigenvalue weighted by Crippen LogP contribution is 2.31. The van der Waals surface area contributed by atoms with Crippen LogP contribution in [0.2, 0.25) is 0 Å². The molecule has 1 unspecified atom stereocenters. The highest BCUT2D eigenvalue weighted by atomic mass is 32.2. The van der Waals surface area contributed by atoms with Gasteiger partial charge in [0.1, 0.15) is 6.04 Å². The average Bonchev–Trinajstić information content (AvgIpc) is 2.86. The molecule has 1 aliphatic rings. The Morgan fingerprint density at radius 3 is 2.61 bits per heavy atom. The van der Waals surface area contributed by atoms with Gasteiger partial charge in [-0.05, 0) is 35.4 Å². The van der Waals surface area contributed by atoms with E-state index in [4.69, 9.17) is 6.42 Å². The molecule has 1 heterocycles. The van der Waals surface area contributed by atoms with Gasteiger partial charge in [0, 0.05) is 19.1 Å². The Hall–Kier alpha value is -3.04. The number of benzene rings is 2. The molecule has 2 aromatic carbocycles. The molecule has 2 amide bonds. The van der Waals surface area contributed by atoms with E-state index in [0.29, 0.717) is 0 Å². The van der Waals surface area contributed by atoms with Gasteiger partial charge >= 0.3 is 0 Å². The highest BCUT2D eigenvalue weighted by molar-refractivity contribution is 7.96. The van der Waals surface area contributed by atoms with Crippen LogP contribution >= 0.6 is 11.9 Å². The zero-order valence-corrected chi connectivity index (χ0v) is 19.6. The van der Waals surface area contributed by atoms with Crippen molar-refractivity contribution in [2.75, 3.05) is 39.0 Å². The van der Waals surface area contributed by atoms with Crippen LogP contribution in [-0.2, 0) is 9.59 Å². The summed E-state index contributed by atoms with van der Waals surface area (Å²) in [7, 11) is 0. The number of carbonyl (C=O) groups excluding carboxylic acids is 2. The summed E-state index contributed by atoms with van der Waals surface area (Å²) < 4.78 is 2.06. The molecule has 172 valence electrons. The smallest absolute Gasteiger partial charge is 0.240 e. The fraction of sp³-hybridized carbons (Fsp3) is 0.400. The minimum absolute atomic E-state index is 0.0872. The summed E-state index contributed by atoms with van der Waals surface area (Å²) in [4.78, 5) is 26.2. The Bertz CT molecular complexity index is 1050. The van der Waals surface area contributed by atoms with Crippen LogP contribution in [0.4, 0.5) is 0 Å². The molecule has 0 radical (unpaired) electrons. The van der Waals surface area contributed by atoms with Crippen LogP contribution in [0.25, 0.3) is 10.8 Å². The van der Waals surface area contributed by atoms with Crippen LogP contribution in [-0.4, -0.2) is 66.0 Å². The Labute approximate surface area is 199 Å². The molecule has 0 bridgehead atoms. The first-order valence-electron chi connectivity index (χ1n) is 11.0. The summed E-state index contributed by atoms with van der Waals surface area (Å²) in [6.07, 6.45) is 8.78. The Morgan fingerprint density at radius 1 is 1.18 bits per heavy atom. The summed E-state index contributed by atoms with van der Waals surface area (Å²) in [5.74, 6) is 1.82. The number of likely N-dealkylation sites (tertiary alicyclic amines) is 1. The molecule has 1 fully saturated rings. The van der Waals surface area contributed by atoms with Crippen molar-refractivity contribution in [3.8, 4) is 18.4 Å². The molecular formula is C25H29N5O2S. The van der Waals surface area contributed by atoms with Crippen molar-refractivity contribution in [2.24, 2.45) is 0 Å². The van der Waals surface area contributed by atoms with Gasteiger partial charge in [0.05, 0.1) is 25.7 Å². The maximum atomic E-state index is 12.3. The quantitative estimate of drug-likeness (QED) is 0.438. The SMILES string of the molecule is C#CCNC(=O)CNC(=O)CN(SC)C1CCN(C(C#N)c2cccc3ccccc23)CC1. The zero-order chi connectivity index (χ0) is 23.6. The molecule has 7 nitrogen and oxygen atoms in total. The second-order valence-corrected chi connectivity index (χ2v) is 8.72. The van der Waals surface area contributed by atoms with Crippen molar-refractivity contribution < 1.29 is 9.59 Å². The number of rotatable bonds is 9. The fourth-order valence-corrected chi connectivity index (χ4v) is 4.96. The van der Waals surface area contributed by atoms with E-state index in [0.717, 1.165) is 42.3 Å². The minimum Gasteiger partial charge on any atom is -0.346 e.